The van der Waals surface area contributed by atoms with E-state index in [9.17, 15) is 5.11 Å². The van der Waals surface area contributed by atoms with Gasteiger partial charge in [-0.05, 0) is 37.1 Å². The van der Waals surface area contributed by atoms with Crippen LogP contribution >= 0.6 is 0 Å². The number of benzene rings is 1. The molecule has 0 saturated heterocycles. The Morgan fingerprint density at radius 1 is 1.18 bits per heavy atom. The Hall–Kier alpha value is -2.38. The lowest BCUT2D eigenvalue weighted by molar-refractivity contribution is 0.274. The normalized spacial score (nSPS) is 9.45. The number of hydrogen-bond donors (Lipinski definition) is 1. The van der Waals surface area contributed by atoms with Gasteiger partial charge in [0, 0.05) is 11.8 Å². The van der Waals surface area contributed by atoms with Gasteiger partial charge in [0.2, 0.25) is 0 Å². The van der Waals surface area contributed by atoms with Crippen LogP contribution in [0.4, 0.5) is 0 Å². The van der Waals surface area contributed by atoms with Crippen LogP contribution in [0.15, 0.2) is 30.5 Å². The number of pyridine rings is 1. The van der Waals surface area contributed by atoms with Crippen molar-refractivity contribution in [3.05, 3.63) is 58.4 Å². The predicted octanol–water partition coefficient (Wildman–Crippen LogP) is 3.67. The summed E-state index contributed by atoms with van der Waals surface area (Å²) in [5.74, 6) is 0.709. The smallest absolute Gasteiger partial charge is 0.144 e. The molecule has 2 aromatic rings. The second-order valence-corrected chi connectivity index (χ2v) is 4.58. The Balaban J connectivity index is 0.00000116. The molecule has 4 heteroatoms. The maximum Gasteiger partial charge on any atom is 0.144 e. The fourth-order valence-electron chi connectivity index (χ4n) is 1.95. The standard InChI is InChI=1S/C16H16N2O2.C2H6/c1-11-15(9-19)8-18-12(2)16(11)20-10-14-5-3-13(7-17)4-6-14;1-2/h3-6,8,19H,9-10H2,1-2H3;1-2H3. The van der Waals surface area contributed by atoms with Crippen LogP contribution in [0.3, 0.4) is 0 Å². The summed E-state index contributed by atoms with van der Waals surface area (Å²) in [4.78, 5) is 4.22. The van der Waals surface area contributed by atoms with Gasteiger partial charge in [-0.25, -0.2) is 0 Å². The van der Waals surface area contributed by atoms with Crippen LogP contribution in [0, 0.1) is 25.2 Å². The van der Waals surface area contributed by atoms with Crippen LogP contribution in [0.1, 0.15) is 41.8 Å². The zero-order valence-corrected chi connectivity index (χ0v) is 13.6. The van der Waals surface area contributed by atoms with E-state index in [4.69, 9.17) is 10.00 Å². The van der Waals surface area contributed by atoms with Gasteiger partial charge >= 0.3 is 0 Å². The Morgan fingerprint density at radius 2 is 1.82 bits per heavy atom. The van der Waals surface area contributed by atoms with Crippen molar-refractivity contribution in [2.75, 3.05) is 0 Å². The van der Waals surface area contributed by atoms with Gasteiger partial charge in [-0.2, -0.15) is 5.26 Å². The summed E-state index contributed by atoms with van der Waals surface area (Å²) in [6.45, 7) is 8.15. The van der Waals surface area contributed by atoms with E-state index in [-0.39, 0.29) is 6.61 Å². The third-order valence-electron chi connectivity index (χ3n) is 3.20. The topological polar surface area (TPSA) is 66.1 Å². The molecule has 1 heterocycles. The molecule has 0 unspecified atom stereocenters. The maximum absolute atomic E-state index is 9.25. The third kappa shape index (κ3) is 4.31. The number of hydrogen-bond acceptors (Lipinski definition) is 4. The number of aliphatic hydroxyl groups is 1. The number of ether oxygens (including phenoxy) is 1. The quantitative estimate of drug-likeness (QED) is 0.935. The molecular weight excluding hydrogens is 276 g/mol. The van der Waals surface area contributed by atoms with Gasteiger partial charge in [-0.15, -0.1) is 0 Å². The first-order valence-corrected chi connectivity index (χ1v) is 7.33. The zero-order chi connectivity index (χ0) is 16.5. The maximum atomic E-state index is 9.25. The highest BCUT2D eigenvalue weighted by Crippen LogP contribution is 2.25. The number of rotatable bonds is 4. The van der Waals surface area contributed by atoms with Gasteiger partial charge in [-0.1, -0.05) is 26.0 Å². The lowest BCUT2D eigenvalue weighted by Gasteiger charge is -2.13. The number of nitrogens with zero attached hydrogens (tertiary/aromatic N) is 2. The number of nitriles is 1. The molecule has 0 radical (unpaired) electrons. The Labute approximate surface area is 132 Å². The second-order valence-electron chi connectivity index (χ2n) is 4.58. The second kappa shape index (κ2) is 8.81. The van der Waals surface area contributed by atoms with Crippen molar-refractivity contribution in [2.24, 2.45) is 0 Å². The Bertz CT molecular complexity index is 643. The first-order chi connectivity index (χ1) is 10.7. The van der Waals surface area contributed by atoms with Crippen LogP contribution in [0.25, 0.3) is 0 Å². The van der Waals surface area contributed by atoms with E-state index in [1.165, 1.54) is 0 Å². The van der Waals surface area contributed by atoms with Gasteiger partial charge in [-0.3, -0.25) is 4.98 Å². The van der Waals surface area contributed by atoms with Gasteiger partial charge < -0.3 is 9.84 Å². The molecule has 0 aliphatic rings. The molecule has 116 valence electrons. The fraction of sp³-hybridized carbons (Fsp3) is 0.333. The lowest BCUT2D eigenvalue weighted by Crippen LogP contribution is -2.03. The van der Waals surface area contributed by atoms with E-state index < -0.39 is 0 Å². The van der Waals surface area contributed by atoms with Crippen molar-refractivity contribution in [2.45, 2.75) is 40.9 Å². The third-order valence-corrected chi connectivity index (χ3v) is 3.20. The Morgan fingerprint density at radius 3 is 2.36 bits per heavy atom. The molecule has 0 aliphatic carbocycles. The number of aryl methyl sites for hydroxylation is 1. The van der Waals surface area contributed by atoms with E-state index in [1.54, 1.807) is 18.3 Å². The molecule has 1 aromatic carbocycles. The van der Waals surface area contributed by atoms with Crippen molar-refractivity contribution in [1.29, 1.82) is 5.26 Å². The first-order valence-electron chi connectivity index (χ1n) is 7.33. The monoisotopic (exact) mass is 298 g/mol. The molecule has 2 rings (SSSR count). The van der Waals surface area contributed by atoms with Crippen molar-refractivity contribution in [1.82, 2.24) is 4.98 Å². The molecule has 0 fully saturated rings. The van der Waals surface area contributed by atoms with Crippen LogP contribution in [0.2, 0.25) is 0 Å². The summed E-state index contributed by atoms with van der Waals surface area (Å²) in [6.07, 6.45) is 1.67. The van der Waals surface area contributed by atoms with Crippen LogP contribution in [0.5, 0.6) is 5.75 Å². The van der Waals surface area contributed by atoms with Gasteiger partial charge in [0.25, 0.3) is 0 Å². The van der Waals surface area contributed by atoms with Crippen molar-refractivity contribution in [3.8, 4) is 11.8 Å². The minimum atomic E-state index is -0.0493. The molecule has 1 N–H and O–H groups in total. The highest BCUT2D eigenvalue weighted by Gasteiger charge is 2.09. The molecule has 0 bridgehead atoms. The molecule has 0 atom stereocenters. The molecule has 4 nitrogen and oxygen atoms in total. The summed E-state index contributed by atoms with van der Waals surface area (Å²) < 4.78 is 5.81. The van der Waals surface area contributed by atoms with Crippen molar-refractivity contribution >= 4 is 0 Å². The van der Waals surface area contributed by atoms with Crippen molar-refractivity contribution in [3.63, 3.8) is 0 Å². The first kappa shape index (κ1) is 17.7. The molecule has 0 aliphatic heterocycles. The lowest BCUT2D eigenvalue weighted by atomic mass is 10.1. The molecule has 0 amide bonds. The number of aromatic nitrogens is 1. The SMILES string of the molecule is CC.Cc1ncc(CO)c(C)c1OCc1ccc(C#N)cc1. The van der Waals surface area contributed by atoms with E-state index in [0.717, 1.165) is 22.4 Å². The Kier molecular flexibility index (Phi) is 7.07. The minimum Gasteiger partial charge on any atom is -0.487 e. The van der Waals surface area contributed by atoms with Crippen LogP contribution < -0.4 is 4.74 Å². The fourth-order valence-corrected chi connectivity index (χ4v) is 1.95. The van der Waals surface area contributed by atoms with Gasteiger partial charge in [0.05, 0.1) is 23.9 Å². The molecule has 22 heavy (non-hydrogen) atoms. The van der Waals surface area contributed by atoms with E-state index >= 15 is 0 Å². The highest BCUT2D eigenvalue weighted by atomic mass is 16.5. The number of aliphatic hydroxyl groups excluding tert-OH is 1. The average molecular weight is 298 g/mol. The van der Waals surface area contributed by atoms with E-state index in [2.05, 4.69) is 11.1 Å². The molecule has 0 saturated carbocycles. The van der Waals surface area contributed by atoms with Crippen LogP contribution in [-0.4, -0.2) is 10.1 Å². The molecule has 1 aromatic heterocycles. The minimum absolute atomic E-state index is 0.0493. The van der Waals surface area contributed by atoms with Crippen LogP contribution in [-0.2, 0) is 13.2 Å². The summed E-state index contributed by atoms with van der Waals surface area (Å²) >= 11 is 0. The highest BCUT2D eigenvalue weighted by molar-refractivity contribution is 5.41. The van der Waals surface area contributed by atoms with Gasteiger partial charge in [0.1, 0.15) is 12.4 Å². The molecule has 0 spiro atoms. The van der Waals surface area contributed by atoms with E-state index in [1.807, 2.05) is 39.8 Å². The summed E-state index contributed by atoms with van der Waals surface area (Å²) in [5.41, 5.74) is 4.09. The predicted molar refractivity (Wildman–Crippen MR) is 86.5 cm³/mol. The van der Waals surface area contributed by atoms with Gasteiger partial charge in [0.15, 0.2) is 0 Å². The largest absolute Gasteiger partial charge is 0.487 e. The summed E-state index contributed by atoms with van der Waals surface area (Å²) in [5, 5.41) is 18.0. The molecular formula is C18H22N2O2. The van der Waals surface area contributed by atoms with E-state index in [0.29, 0.717) is 17.9 Å². The summed E-state index contributed by atoms with van der Waals surface area (Å²) in [6, 6.07) is 9.35. The summed E-state index contributed by atoms with van der Waals surface area (Å²) in [7, 11) is 0. The average Bonchev–Trinajstić information content (AvgIpc) is 2.57. The van der Waals surface area contributed by atoms with Crippen molar-refractivity contribution < 1.29 is 9.84 Å². The zero-order valence-electron chi connectivity index (χ0n) is 13.6.